The van der Waals surface area contributed by atoms with Crippen molar-refractivity contribution < 1.29 is 13.6 Å². The Morgan fingerprint density at radius 3 is 2.50 bits per heavy atom. The quantitative estimate of drug-likeness (QED) is 0.157. The first-order chi connectivity index (χ1) is 19.1. The van der Waals surface area contributed by atoms with E-state index in [9.17, 15) is 4.79 Å². The maximum atomic E-state index is 12.4. The zero-order valence-electron chi connectivity index (χ0n) is 21.9. The monoisotopic (exact) mass is 589 g/mol. The van der Waals surface area contributed by atoms with Crippen LogP contribution in [0.2, 0.25) is 10.0 Å². The molecule has 0 unspecified atom stereocenters. The Morgan fingerprint density at radius 1 is 0.975 bits per heavy atom. The predicted octanol–water partition coefficient (Wildman–Crippen LogP) is 8.89. The lowest BCUT2D eigenvalue weighted by molar-refractivity contribution is -0.115. The Labute approximate surface area is 247 Å². The molecular formula is C31H25Cl2N3O3S. The van der Waals surface area contributed by atoms with Crippen molar-refractivity contribution in [2.24, 2.45) is 0 Å². The van der Waals surface area contributed by atoms with Crippen LogP contribution in [0.25, 0.3) is 40.0 Å². The third-order valence-corrected chi connectivity index (χ3v) is 7.15. The summed E-state index contributed by atoms with van der Waals surface area (Å²) in [5.74, 6) is 1.13. The Morgan fingerprint density at radius 2 is 1.75 bits per heavy atom. The molecule has 0 spiro atoms. The maximum Gasteiger partial charge on any atom is 0.250 e. The molecule has 0 bridgehead atoms. The standard InChI is InChI=1S/C31H25Cl2N3O3S/c1-31(2,3)19-9-7-18(8-10-19)29-35-24-17-20(11-14-26(24)39-29)34-30(40)36-27(37)16-13-21-12-15-25(38-21)22-5-4-6-23(32)28(22)33/h4-17H,1-3H3,(H2,34,36,37,40). The Bertz CT molecular complexity index is 1750. The first-order valence-corrected chi connectivity index (χ1v) is 13.6. The van der Waals surface area contributed by atoms with E-state index in [0.29, 0.717) is 49.8 Å². The fourth-order valence-electron chi connectivity index (χ4n) is 4.00. The average Bonchev–Trinajstić information content (AvgIpc) is 3.55. The molecule has 6 nitrogen and oxygen atoms in total. The minimum Gasteiger partial charge on any atom is -0.457 e. The molecule has 202 valence electrons. The van der Waals surface area contributed by atoms with E-state index in [-0.39, 0.29) is 10.5 Å². The highest BCUT2D eigenvalue weighted by atomic mass is 35.5. The Kier molecular flexibility index (Phi) is 7.81. The number of furan rings is 1. The molecule has 1 amide bonds. The second-order valence-corrected chi connectivity index (χ2v) is 11.3. The van der Waals surface area contributed by atoms with Crippen LogP contribution in [0.5, 0.6) is 0 Å². The number of carbonyl (C=O) groups is 1. The number of hydrogen-bond acceptors (Lipinski definition) is 5. The molecule has 2 heterocycles. The number of benzene rings is 3. The van der Waals surface area contributed by atoms with Gasteiger partial charge in [-0.05, 0) is 83.9 Å². The lowest BCUT2D eigenvalue weighted by Gasteiger charge is -2.18. The Hall–Kier alpha value is -3.91. The summed E-state index contributed by atoms with van der Waals surface area (Å²) in [4.78, 5) is 17.0. The van der Waals surface area contributed by atoms with Gasteiger partial charge in [0.1, 0.15) is 17.0 Å². The van der Waals surface area contributed by atoms with Crippen LogP contribution < -0.4 is 10.6 Å². The smallest absolute Gasteiger partial charge is 0.250 e. The minimum atomic E-state index is -0.417. The van der Waals surface area contributed by atoms with E-state index in [2.05, 4.69) is 48.5 Å². The number of hydrogen-bond donors (Lipinski definition) is 2. The number of nitrogens with zero attached hydrogens (tertiary/aromatic N) is 1. The van der Waals surface area contributed by atoms with Crippen molar-refractivity contribution in [2.45, 2.75) is 26.2 Å². The number of fused-ring (bicyclic) bond motifs is 1. The SMILES string of the molecule is CC(C)(C)c1ccc(-c2nc3cc(NC(=S)NC(=O)C=Cc4ccc(-c5cccc(Cl)c5Cl)o4)ccc3o2)cc1. The highest BCUT2D eigenvalue weighted by Gasteiger charge is 2.15. The number of nitrogens with one attached hydrogen (secondary N) is 2. The molecule has 2 N–H and O–H groups in total. The fourth-order valence-corrected chi connectivity index (χ4v) is 4.61. The van der Waals surface area contributed by atoms with Gasteiger partial charge in [0, 0.05) is 22.9 Å². The first kappa shape index (κ1) is 27.6. The van der Waals surface area contributed by atoms with E-state index in [4.69, 9.17) is 44.3 Å². The topological polar surface area (TPSA) is 80.3 Å². The molecule has 5 aromatic rings. The number of carbonyl (C=O) groups excluding carboxylic acids is 1. The van der Waals surface area contributed by atoms with Gasteiger partial charge in [0.25, 0.3) is 0 Å². The lowest BCUT2D eigenvalue weighted by atomic mass is 9.87. The number of oxazole rings is 1. The van der Waals surface area contributed by atoms with Crippen LogP contribution in [0.3, 0.4) is 0 Å². The van der Waals surface area contributed by atoms with Crippen molar-refractivity contribution in [3.8, 4) is 22.8 Å². The number of aromatic nitrogens is 1. The van der Waals surface area contributed by atoms with Crippen molar-refractivity contribution in [3.05, 3.63) is 100 Å². The maximum absolute atomic E-state index is 12.4. The van der Waals surface area contributed by atoms with Crippen LogP contribution in [0.15, 0.2) is 87.7 Å². The number of thiocarbonyl (C=S) groups is 1. The fraction of sp³-hybridized carbons (Fsp3) is 0.129. The lowest BCUT2D eigenvalue weighted by Crippen LogP contribution is -2.32. The van der Waals surface area contributed by atoms with Crippen molar-refractivity contribution in [1.82, 2.24) is 10.3 Å². The van der Waals surface area contributed by atoms with E-state index < -0.39 is 5.91 Å². The second kappa shape index (κ2) is 11.3. The number of anilines is 1. The van der Waals surface area contributed by atoms with Gasteiger partial charge in [-0.1, -0.05) is 62.2 Å². The van der Waals surface area contributed by atoms with E-state index in [0.717, 1.165) is 5.56 Å². The molecule has 40 heavy (non-hydrogen) atoms. The average molecular weight is 591 g/mol. The van der Waals surface area contributed by atoms with Crippen LogP contribution in [-0.4, -0.2) is 16.0 Å². The van der Waals surface area contributed by atoms with Crippen molar-refractivity contribution >= 4 is 69.3 Å². The number of amides is 1. The van der Waals surface area contributed by atoms with Gasteiger partial charge in [-0.2, -0.15) is 0 Å². The van der Waals surface area contributed by atoms with Crippen LogP contribution >= 0.6 is 35.4 Å². The summed E-state index contributed by atoms with van der Waals surface area (Å²) in [6.07, 6.45) is 2.87. The van der Waals surface area contributed by atoms with Gasteiger partial charge in [-0.3, -0.25) is 10.1 Å². The third kappa shape index (κ3) is 6.28. The number of rotatable bonds is 5. The normalized spacial score (nSPS) is 11.7. The molecule has 2 aromatic heterocycles. The van der Waals surface area contributed by atoms with E-state index >= 15 is 0 Å². The minimum absolute atomic E-state index is 0.0682. The van der Waals surface area contributed by atoms with Crippen molar-refractivity contribution in [3.63, 3.8) is 0 Å². The molecule has 9 heteroatoms. The molecule has 0 saturated heterocycles. The summed E-state index contributed by atoms with van der Waals surface area (Å²) in [7, 11) is 0. The van der Waals surface area contributed by atoms with Gasteiger partial charge in [0.15, 0.2) is 10.7 Å². The van der Waals surface area contributed by atoms with Gasteiger partial charge in [-0.15, -0.1) is 0 Å². The summed E-state index contributed by atoms with van der Waals surface area (Å²) in [5, 5.41) is 6.60. The van der Waals surface area contributed by atoms with Gasteiger partial charge < -0.3 is 14.2 Å². The highest BCUT2D eigenvalue weighted by molar-refractivity contribution is 7.80. The molecule has 0 saturated carbocycles. The molecule has 3 aromatic carbocycles. The molecule has 0 aliphatic carbocycles. The molecular weight excluding hydrogens is 565 g/mol. The Balaban J connectivity index is 1.20. The molecule has 0 aliphatic heterocycles. The molecule has 5 rings (SSSR count). The van der Waals surface area contributed by atoms with Crippen LogP contribution in [-0.2, 0) is 10.2 Å². The summed E-state index contributed by atoms with van der Waals surface area (Å²) in [5.41, 5.74) is 4.85. The number of halogens is 2. The van der Waals surface area contributed by atoms with Gasteiger partial charge in [0.05, 0.1) is 10.0 Å². The van der Waals surface area contributed by atoms with E-state index in [1.807, 2.05) is 24.3 Å². The summed E-state index contributed by atoms with van der Waals surface area (Å²) < 4.78 is 11.7. The van der Waals surface area contributed by atoms with Gasteiger partial charge in [0.2, 0.25) is 11.8 Å². The van der Waals surface area contributed by atoms with E-state index in [1.165, 1.54) is 17.7 Å². The second-order valence-electron chi connectivity index (χ2n) is 10.1. The van der Waals surface area contributed by atoms with Crippen LogP contribution in [0.1, 0.15) is 32.1 Å². The zero-order valence-corrected chi connectivity index (χ0v) is 24.2. The largest absolute Gasteiger partial charge is 0.457 e. The van der Waals surface area contributed by atoms with Crippen LogP contribution in [0.4, 0.5) is 5.69 Å². The molecule has 0 fully saturated rings. The predicted molar refractivity (Wildman–Crippen MR) is 166 cm³/mol. The van der Waals surface area contributed by atoms with Gasteiger partial charge >= 0.3 is 0 Å². The van der Waals surface area contributed by atoms with Gasteiger partial charge in [-0.25, -0.2) is 4.98 Å². The van der Waals surface area contributed by atoms with Crippen molar-refractivity contribution in [2.75, 3.05) is 5.32 Å². The highest BCUT2D eigenvalue weighted by Crippen LogP contribution is 2.34. The van der Waals surface area contributed by atoms with Crippen LogP contribution in [0, 0.1) is 0 Å². The summed E-state index contributed by atoms with van der Waals surface area (Å²) in [6.45, 7) is 6.52. The zero-order chi connectivity index (χ0) is 28.4. The van der Waals surface area contributed by atoms with E-state index in [1.54, 1.807) is 36.4 Å². The third-order valence-electron chi connectivity index (χ3n) is 6.12. The molecule has 0 radical (unpaired) electrons. The molecule has 0 aliphatic rings. The molecule has 0 atom stereocenters. The summed E-state index contributed by atoms with van der Waals surface area (Å²) in [6, 6.07) is 22.4. The van der Waals surface area contributed by atoms with Crippen molar-refractivity contribution in [1.29, 1.82) is 0 Å². The first-order valence-electron chi connectivity index (χ1n) is 12.4. The summed E-state index contributed by atoms with van der Waals surface area (Å²) >= 11 is 17.7.